The molecule has 0 saturated heterocycles. The Morgan fingerprint density at radius 1 is 1.28 bits per heavy atom. The van der Waals surface area contributed by atoms with E-state index in [1.165, 1.54) is 0 Å². The van der Waals surface area contributed by atoms with Crippen molar-refractivity contribution in [1.82, 2.24) is 14.4 Å². The monoisotopic (exact) mass is 234 g/mol. The van der Waals surface area contributed by atoms with Gasteiger partial charge in [0.25, 0.3) is 0 Å². The second-order valence-corrected chi connectivity index (χ2v) is 4.04. The highest BCUT2D eigenvalue weighted by Gasteiger charge is 2.08. The van der Waals surface area contributed by atoms with Crippen LogP contribution in [0.15, 0.2) is 42.9 Å². The lowest BCUT2D eigenvalue weighted by atomic mass is 10.2. The summed E-state index contributed by atoms with van der Waals surface area (Å²) in [5, 5.41) is 9.01. The number of nitrogens with zero attached hydrogens (tertiary/aromatic N) is 4. The molecule has 3 heterocycles. The fourth-order valence-corrected chi connectivity index (χ4v) is 1.96. The molecule has 18 heavy (non-hydrogen) atoms. The fourth-order valence-electron chi connectivity index (χ4n) is 1.96. The predicted octanol–water partition coefficient (Wildman–Crippen LogP) is 2.58. The highest BCUT2D eigenvalue weighted by Crippen LogP contribution is 2.20. The van der Waals surface area contributed by atoms with Crippen LogP contribution in [0.3, 0.4) is 0 Å². The van der Waals surface area contributed by atoms with Crippen LogP contribution in [0.25, 0.3) is 16.9 Å². The summed E-state index contributed by atoms with van der Waals surface area (Å²) in [7, 11) is 0. The molecule has 0 aliphatic heterocycles. The Balaban J connectivity index is 2.24. The number of rotatable bonds is 1. The summed E-state index contributed by atoms with van der Waals surface area (Å²) in [5.41, 5.74) is 4.24. The van der Waals surface area contributed by atoms with Crippen LogP contribution >= 0.6 is 0 Å². The highest BCUT2D eigenvalue weighted by molar-refractivity contribution is 5.62. The van der Waals surface area contributed by atoms with Gasteiger partial charge in [-0.1, -0.05) is 0 Å². The smallest absolute Gasteiger partial charge is 0.137 e. The van der Waals surface area contributed by atoms with E-state index < -0.39 is 0 Å². The summed E-state index contributed by atoms with van der Waals surface area (Å²) in [4.78, 5) is 8.62. The van der Waals surface area contributed by atoms with Crippen molar-refractivity contribution in [2.75, 3.05) is 0 Å². The maximum absolute atomic E-state index is 9.01. The molecule has 4 nitrogen and oxygen atoms in total. The first-order valence-corrected chi connectivity index (χ1v) is 5.59. The predicted molar refractivity (Wildman–Crippen MR) is 67.9 cm³/mol. The van der Waals surface area contributed by atoms with Crippen LogP contribution in [0, 0.1) is 18.3 Å². The Bertz CT molecular complexity index is 751. The summed E-state index contributed by atoms with van der Waals surface area (Å²) in [6.07, 6.45) is 5.45. The molecule has 0 N–H and O–H groups in total. The third-order valence-electron chi connectivity index (χ3n) is 2.96. The molecule has 3 aromatic rings. The molecule has 86 valence electrons. The first-order chi connectivity index (χ1) is 8.79. The van der Waals surface area contributed by atoms with Crippen molar-refractivity contribution in [2.45, 2.75) is 6.92 Å². The number of imidazole rings is 1. The Kier molecular flexibility index (Phi) is 2.31. The summed E-state index contributed by atoms with van der Waals surface area (Å²) in [6.45, 7) is 1.92. The molecular formula is C14H10N4. The van der Waals surface area contributed by atoms with Crippen molar-refractivity contribution >= 4 is 5.65 Å². The first kappa shape index (κ1) is 10.5. The van der Waals surface area contributed by atoms with Gasteiger partial charge in [0.1, 0.15) is 11.7 Å². The van der Waals surface area contributed by atoms with Gasteiger partial charge in [-0.05, 0) is 31.2 Å². The molecule has 3 rings (SSSR count). The van der Waals surface area contributed by atoms with E-state index in [-0.39, 0.29) is 0 Å². The van der Waals surface area contributed by atoms with Crippen molar-refractivity contribution in [3.8, 4) is 17.3 Å². The van der Waals surface area contributed by atoms with Crippen LogP contribution in [0.4, 0.5) is 0 Å². The largest absolute Gasteiger partial charge is 0.302 e. The SMILES string of the molecule is Cc1c(C#N)ccc2nc(-c3cccnc3)cn12. The van der Waals surface area contributed by atoms with Gasteiger partial charge in [-0.25, -0.2) is 4.98 Å². The van der Waals surface area contributed by atoms with Crippen molar-refractivity contribution < 1.29 is 0 Å². The van der Waals surface area contributed by atoms with E-state index in [0.29, 0.717) is 5.56 Å². The molecule has 0 spiro atoms. The van der Waals surface area contributed by atoms with Crippen molar-refractivity contribution in [2.24, 2.45) is 0 Å². The highest BCUT2D eigenvalue weighted by atomic mass is 15.0. The number of nitriles is 1. The van der Waals surface area contributed by atoms with Gasteiger partial charge in [0.2, 0.25) is 0 Å². The summed E-state index contributed by atoms with van der Waals surface area (Å²) in [5.74, 6) is 0. The Morgan fingerprint density at radius 3 is 2.89 bits per heavy atom. The molecule has 0 aromatic carbocycles. The maximum atomic E-state index is 9.01. The third kappa shape index (κ3) is 1.54. The summed E-state index contributed by atoms with van der Waals surface area (Å²) < 4.78 is 1.93. The number of fused-ring (bicyclic) bond motifs is 1. The zero-order chi connectivity index (χ0) is 12.5. The molecule has 0 radical (unpaired) electrons. The van der Waals surface area contributed by atoms with Crippen molar-refractivity contribution in [1.29, 1.82) is 5.26 Å². The van der Waals surface area contributed by atoms with Gasteiger partial charge < -0.3 is 4.40 Å². The number of hydrogen-bond donors (Lipinski definition) is 0. The van der Waals surface area contributed by atoms with E-state index in [4.69, 9.17) is 5.26 Å². The summed E-state index contributed by atoms with van der Waals surface area (Å²) >= 11 is 0. The van der Waals surface area contributed by atoms with Crippen LogP contribution in [-0.4, -0.2) is 14.4 Å². The van der Waals surface area contributed by atoms with Gasteiger partial charge in [0.15, 0.2) is 0 Å². The lowest BCUT2D eigenvalue weighted by Gasteiger charge is -2.00. The minimum atomic E-state index is 0.664. The lowest BCUT2D eigenvalue weighted by molar-refractivity contribution is 1.08. The van der Waals surface area contributed by atoms with E-state index in [2.05, 4.69) is 16.0 Å². The van der Waals surface area contributed by atoms with Crippen molar-refractivity contribution in [3.05, 3.63) is 54.1 Å². The number of pyridine rings is 2. The van der Waals surface area contributed by atoms with Crippen molar-refractivity contribution in [3.63, 3.8) is 0 Å². The minimum Gasteiger partial charge on any atom is -0.302 e. The number of aromatic nitrogens is 3. The van der Waals surface area contributed by atoms with Gasteiger partial charge in [-0.15, -0.1) is 0 Å². The van der Waals surface area contributed by atoms with Crippen LogP contribution in [0.2, 0.25) is 0 Å². The Labute approximate surface area is 104 Å². The zero-order valence-corrected chi connectivity index (χ0v) is 9.83. The second-order valence-electron chi connectivity index (χ2n) is 4.04. The Morgan fingerprint density at radius 2 is 2.17 bits per heavy atom. The fraction of sp³-hybridized carbons (Fsp3) is 0.0714. The molecule has 0 atom stereocenters. The second kappa shape index (κ2) is 3.97. The lowest BCUT2D eigenvalue weighted by Crippen LogP contribution is -1.93. The van der Waals surface area contributed by atoms with Gasteiger partial charge in [-0.2, -0.15) is 5.26 Å². The van der Waals surface area contributed by atoms with E-state index in [1.54, 1.807) is 18.5 Å². The Hall–Kier alpha value is -2.67. The number of hydrogen-bond acceptors (Lipinski definition) is 3. The molecule has 0 bridgehead atoms. The zero-order valence-electron chi connectivity index (χ0n) is 9.83. The van der Waals surface area contributed by atoms with Crippen LogP contribution in [0.5, 0.6) is 0 Å². The average molecular weight is 234 g/mol. The molecule has 4 heteroatoms. The third-order valence-corrected chi connectivity index (χ3v) is 2.96. The molecular weight excluding hydrogens is 224 g/mol. The number of aryl methyl sites for hydroxylation is 1. The minimum absolute atomic E-state index is 0.664. The van der Waals surface area contributed by atoms with E-state index in [9.17, 15) is 0 Å². The first-order valence-electron chi connectivity index (χ1n) is 5.59. The van der Waals surface area contributed by atoms with Gasteiger partial charge in [-0.3, -0.25) is 4.98 Å². The molecule has 3 aromatic heterocycles. The standard InChI is InChI=1S/C14H10N4/c1-10-11(7-15)4-5-14-17-13(9-18(10)14)12-3-2-6-16-8-12/h2-6,8-9H,1H3. The quantitative estimate of drug-likeness (QED) is 0.650. The van der Waals surface area contributed by atoms with E-state index >= 15 is 0 Å². The molecule has 0 aliphatic rings. The molecule has 0 unspecified atom stereocenters. The summed E-state index contributed by atoms with van der Waals surface area (Å²) in [6, 6.07) is 9.67. The van der Waals surface area contributed by atoms with E-state index in [1.807, 2.05) is 35.7 Å². The normalized spacial score (nSPS) is 10.4. The molecule has 0 saturated carbocycles. The van der Waals surface area contributed by atoms with Crippen LogP contribution in [0.1, 0.15) is 11.3 Å². The molecule has 0 aliphatic carbocycles. The van der Waals surface area contributed by atoms with Gasteiger partial charge >= 0.3 is 0 Å². The molecule has 0 amide bonds. The maximum Gasteiger partial charge on any atom is 0.137 e. The topological polar surface area (TPSA) is 54.0 Å². The van der Waals surface area contributed by atoms with E-state index in [0.717, 1.165) is 22.6 Å². The van der Waals surface area contributed by atoms with Crippen LogP contribution < -0.4 is 0 Å². The van der Waals surface area contributed by atoms with Gasteiger partial charge in [0, 0.05) is 29.8 Å². The average Bonchev–Trinajstić information content (AvgIpc) is 2.85. The van der Waals surface area contributed by atoms with Gasteiger partial charge in [0.05, 0.1) is 11.3 Å². The molecule has 0 fully saturated rings. The van der Waals surface area contributed by atoms with Crippen LogP contribution in [-0.2, 0) is 0 Å².